The standard InChI is InChI=1S/C23H24N2O/c1-17(20-13-6-10-18-8-2-4-12-21(18)20)24-16-23(26)25-15-7-11-19-9-3-5-14-22(19)25/h2-6,8-10,12-14,17,24H,7,11,15-16H2,1H3. The summed E-state index contributed by atoms with van der Waals surface area (Å²) < 4.78 is 0. The van der Waals surface area contributed by atoms with E-state index in [9.17, 15) is 4.79 Å². The van der Waals surface area contributed by atoms with Crippen LogP contribution in [-0.4, -0.2) is 19.0 Å². The summed E-state index contributed by atoms with van der Waals surface area (Å²) in [6.07, 6.45) is 2.08. The fourth-order valence-electron chi connectivity index (χ4n) is 3.87. The van der Waals surface area contributed by atoms with E-state index in [-0.39, 0.29) is 11.9 Å². The van der Waals surface area contributed by atoms with E-state index in [1.54, 1.807) is 0 Å². The second-order valence-corrected chi connectivity index (χ2v) is 6.95. The van der Waals surface area contributed by atoms with Crippen molar-refractivity contribution in [2.75, 3.05) is 18.0 Å². The molecule has 0 aromatic heterocycles. The molecule has 1 heterocycles. The Morgan fingerprint density at radius 1 is 1.04 bits per heavy atom. The Labute approximate surface area is 154 Å². The van der Waals surface area contributed by atoms with E-state index in [1.807, 2.05) is 17.0 Å². The number of fused-ring (bicyclic) bond motifs is 2. The first-order chi connectivity index (χ1) is 12.7. The predicted octanol–water partition coefficient (Wildman–Crippen LogP) is 4.47. The smallest absolute Gasteiger partial charge is 0.240 e. The molecule has 1 aliphatic heterocycles. The third-order valence-electron chi connectivity index (χ3n) is 5.26. The van der Waals surface area contributed by atoms with Crippen LogP contribution in [0.5, 0.6) is 0 Å². The van der Waals surface area contributed by atoms with Crippen molar-refractivity contribution in [1.29, 1.82) is 0 Å². The summed E-state index contributed by atoms with van der Waals surface area (Å²) in [5.41, 5.74) is 3.58. The van der Waals surface area contributed by atoms with Gasteiger partial charge in [0.25, 0.3) is 0 Å². The molecule has 0 saturated carbocycles. The zero-order valence-electron chi connectivity index (χ0n) is 15.1. The number of nitrogens with one attached hydrogen (secondary N) is 1. The van der Waals surface area contributed by atoms with Crippen LogP contribution in [0.25, 0.3) is 10.8 Å². The zero-order chi connectivity index (χ0) is 17.9. The second-order valence-electron chi connectivity index (χ2n) is 6.95. The minimum absolute atomic E-state index is 0.116. The van der Waals surface area contributed by atoms with E-state index in [0.717, 1.165) is 25.1 Å². The average Bonchev–Trinajstić information content (AvgIpc) is 2.71. The molecule has 132 valence electrons. The molecule has 1 unspecified atom stereocenters. The van der Waals surface area contributed by atoms with Crippen molar-refractivity contribution >= 4 is 22.4 Å². The largest absolute Gasteiger partial charge is 0.311 e. The molecule has 0 bridgehead atoms. The summed E-state index contributed by atoms with van der Waals surface area (Å²) in [4.78, 5) is 14.8. The number of anilines is 1. The molecule has 4 rings (SSSR count). The SMILES string of the molecule is CC(NCC(=O)N1CCCc2ccccc21)c1cccc2ccccc12. The molecule has 3 heteroatoms. The van der Waals surface area contributed by atoms with E-state index < -0.39 is 0 Å². The van der Waals surface area contributed by atoms with Gasteiger partial charge in [-0.2, -0.15) is 0 Å². The number of hydrogen-bond donors (Lipinski definition) is 1. The highest BCUT2D eigenvalue weighted by Crippen LogP contribution is 2.27. The quantitative estimate of drug-likeness (QED) is 0.757. The lowest BCUT2D eigenvalue weighted by Gasteiger charge is -2.30. The number of rotatable bonds is 4. The van der Waals surface area contributed by atoms with E-state index in [2.05, 4.69) is 66.8 Å². The molecule has 1 N–H and O–H groups in total. The molecule has 1 amide bonds. The Kier molecular flexibility index (Phi) is 4.72. The number of aryl methyl sites for hydroxylation is 1. The average molecular weight is 344 g/mol. The fourth-order valence-corrected chi connectivity index (χ4v) is 3.87. The molecule has 0 spiro atoms. The van der Waals surface area contributed by atoms with Crippen molar-refractivity contribution in [3.63, 3.8) is 0 Å². The Morgan fingerprint density at radius 3 is 2.73 bits per heavy atom. The lowest BCUT2D eigenvalue weighted by atomic mass is 9.99. The van der Waals surface area contributed by atoms with Gasteiger partial charge in [0.2, 0.25) is 5.91 Å². The first-order valence-corrected chi connectivity index (χ1v) is 9.33. The second kappa shape index (κ2) is 7.30. The molecule has 1 aliphatic rings. The predicted molar refractivity (Wildman–Crippen MR) is 107 cm³/mol. The molecule has 3 aromatic rings. The Hall–Kier alpha value is -2.65. The third kappa shape index (κ3) is 3.23. The maximum absolute atomic E-state index is 12.8. The van der Waals surface area contributed by atoms with Crippen LogP contribution in [0.1, 0.15) is 30.5 Å². The van der Waals surface area contributed by atoms with E-state index in [1.165, 1.54) is 21.9 Å². The maximum Gasteiger partial charge on any atom is 0.240 e. The molecule has 3 nitrogen and oxygen atoms in total. The topological polar surface area (TPSA) is 32.3 Å². The van der Waals surface area contributed by atoms with E-state index in [4.69, 9.17) is 0 Å². The van der Waals surface area contributed by atoms with Gasteiger partial charge in [0, 0.05) is 18.3 Å². The zero-order valence-corrected chi connectivity index (χ0v) is 15.1. The van der Waals surface area contributed by atoms with Crippen LogP contribution in [0.4, 0.5) is 5.69 Å². The van der Waals surface area contributed by atoms with Crippen LogP contribution >= 0.6 is 0 Å². The minimum Gasteiger partial charge on any atom is -0.311 e. The Bertz CT molecular complexity index is 929. The van der Waals surface area contributed by atoms with Crippen molar-refractivity contribution < 1.29 is 4.79 Å². The van der Waals surface area contributed by atoms with Crippen LogP contribution in [-0.2, 0) is 11.2 Å². The Morgan fingerprint density at radius 2 is 1.81 bits per heavy atom. The molecular formula is C23H24N2O. The molecular weight excluding hydrogens is 320 g/mol. The molecule has 3 aromatic carbocycles. The molecule has 26 heavy (non-hydrogen) atoms. The summed E-state index contributed by atoms with van der Waals surface area (Å²) in [5, 5.41) is 5.90. The molecule has 1 atom stereocenters. The van der Waals surface area contributed by atoms with Crippen molar-refractivity contribution in [3.8, 4) is 0 Å². The molecule has 0 aliphatic carbocycles. The first-order valence-electron chi connectivity index (χ1n) is 9.33. The van der Waals surface area contributed by atoms with Gasteiger partial charge in [-0.3, -0.25) is 4.79 Å². The molecule has 0 radical (unpaired) electrons. The Balaban J connectivity index is 1.48. The van der Waals surface area contributed by atoms with Crippen LogP contribution in [0.2, 0.25) is 0 Å². The first kappa shape index (κ1) is 16.8. The lowest BCUT2D eigenvalue weighted by molar-refractivity contribution is -0.118. The number of carbonyl (C=O) groups excluding carboxylic acids is 1. The number of carbonyl (C=O) groups is 1. The van der Waals surface area contributed by atoms with Gasteiger partial charge in [0.15, 0.2) is 0 Å². The number of para-hydroxylation sites is 1. The van der Waals surface area contributed by atoms with Gasteiger partial charge in [-0.1, -0.05) is 60.7 Å². The van der Waals surface area contributed by atoms with Crippen molar-refractivity contribution in [2.45, 2.75) is 25.8 Å². The normalized spacial score (nSPS) is 14.9. The monoisotopic (exact) mass is 344 g/mol. The summed E-state index contributed by atoms with van der Waals surface area (Å²) in [5.74, 6) is 0.143. The van der Waals surface area contributed by atoms with Gasteiger partial charge in [-0.25, -0.2) is 0 Å². The minimum atomic E-state index is 0.116. The third-order valence-corrected chi connectivity index (χ3v) is 5.26. The molecule has 0 fully saturated rings. The summed E-state index contributed by atoms with van der Waals surface area (Å²) in [6.45, 7) is 3.28. The van der Waals surface area contributed by atoms with Crippen LogP contribution in [0.3, 0.4) is 0 Å². The van der Waals surface area contributed by atoms with Gasteiger partial charge < -0.3 is 10.2 Å². The number of nitrogens with zero attached hydrogens (tertiary/aromatic N) is 1. The van der Waals surface area contributed by atoms with Gasteiger partial charge in [-0.15, -0.1) is 0 Å². The summed E-state index contributed by atoms with van der Waals surface area (Å²) in [6, 6.07) is 23.1. The van der Waals surface area contributed by atoms with E-state index in [0.29, 0.717) is 6.54 Å². The highest BCUT2D eigenvalue weighted by molar-refractivity contribution is 5.96. The van der Waals surface area contributed by atoms with Gasteiger partial charge in [-0.05, 0) is 47.7 Å². The van der Waals surface area contributed by atoms with Crippen molar-refractivity contribution in [3.05, 3.63) is 77.9 Å². The van der Waals surface area contributed by atoms with Crippen molar-refractivity contribution in [1.82, 2.24) is 5.32 Å². The maximum atomic E-state index is 12.8. The van der Waals surface area contributed by atoms with E-state index >= 15 is 0 Å². The fraction of sp³-hybridized carbons (Fsp3) is 0.261. The number of benzene rings is 3. The summed E-state index contributed by atoms with van der Waals surface area (Å²) in [7, 11) is 0. The van der Waals surface area contributed by atoms with Gasteiger partial charge >= 0.3 is 0 Å². The summed E-state index contributed by atoms with van der Waals surface area (Å²) >= 11 is 0. The molecule has 0 saturated heterocycles. The van der Waals surface area contributed by atoms with Crippen LogP contribution < -0.4 is 10.2 Å². The lowest BCUT2D eigenvalue weighted by Crippen LogP contribution is -2.41. The number of hydrogen-bond acceptors (Lipinski definition) is 2. The van der Waals surface area contributed by atoms with Gasteiger partial charge in [0.1, 0.15) is 0 Å². The van der Waals surface area contributed by atoms with Crippen molar-refractivity contribution in [2.24, 2.45) is 0 Å². The van der Waals surface area contributed by atoms with Crippen LogP contribution in [0.15, 0.2) is 66.7 Å². The highest BCUT2D eigenvalue weighted by atomic mass is 16.2. The highest BCUT2D eigenvalue weighted by Gasteiger charge is 2.22. The number of amides is 1. The van der Waals surface area contributed by atoms with Gasteiger partial charge in [0.05, 0.1) is 6.54 Å². The van der Waals surface area contributed by atoms with Crippen LogP contribution in [0, 0.1) is 0 Å².